The number of hydrogen-bond acceptors (Lipinski definition) is 5. The van der Waals surface area contributed by atoms with Crippen LogP contribution in [0.1, 0.15) is 62.2 Å². The number of fused-ring (bicyclic) bond motifs is 2. The number of benzene rings is 2. The monoisotopic (exact) mass is 513 g/mol. The Morgan fingerprint density at radius 3 is 2.49 bits per heavy atom. The number of ether oxygens (including phenoxy) is 1. The van der Waals surface area contributed by atoms with Gasteiger partial charge < -0.3 is 9.30 Å². The highest BCUT2D eigenvalue weighted by Gasteiger charge is 2.33. The lowest BCUT2D eigenvalue weighted by Gasteiger charge is -2.24. The highest BCUT2D eigenvalue weighted by molar-refractivity contribution is 7.07. The summed E-state index contributed by atoms with van der Waals surface area (Å²) in [7, 11) is 0. The van der Waals surface area contributed by atoms with Crippen molar-refractivity contribution in [3.05, 3.63) is 102 Å². The normalized spacial score (nSPS) is 15.9. The zero-order valence-electron chi connectivity index (χ0n) is 22.0. The second kappa shape index (κ2) is 9.63. The average Bonchev–Trinajstić information content (AvgIpc) is 3.32. The van der Waals surface area contributed by atoms with E-state index in [9.17, 15) is 9.59 Å². The van der Waals surface area contributed by atoms with Crippen LogP contribution in [-0.2, 0) is 9.53 Å². The first-order chi connectivity index (χ1) is 17.7. The molecule has 2 aromatic heterocycles. The van der Waals surface area contributed by atoms with Gasteiger partial charge in [-0.05, 0) is 59.2 Å². The smallest absolute Gasteiger partial charge is 0.338 e. The number of nitrogens with zero attached hydrogens (tertiary/aromatic N) is 3. The van der Waals surface area contributed by atoms with Crippen molar-refractivity contribution in [3.63, 3.8) is 0 Å². The van der Waals surface area contributed by atoms with Gasteiger partial charge in [0, 0.05) is 28.2 Å². The first kappa shape index (κ1) is 25.0. The minimum absolute atomic E-state index is 0.163. The minimum atomic E-state index is -0.601. The highest BCUT2D eigenvalue weighted by Crippen LogP contribution is 2.32. The molecule has 0 saturated carbocycles. The Hall–Kier alpha value is -3.71. The van der Waals surface area contributed by atoms with Crippen molar-refractivity contribution in [1.29, 1.82) is 0 Å². The van der Waals surface area contributed by atoms with Gasteiger partial charge >= 0.3 is 5.97 Å². The van der Waals surface area contributed by atoms with E-state index in [4.69, 9.17) is 9.73 Å². The molecule has 0 unspecified atom stereocenters. The maximum atomic E-state index is 14.0. The van der Waals surface area contributed by atoms with Crippen LogP contribution in [0.2, 0.25) is 0 Å². The van der Waals surface area contributed by atoms with Crippen molar-refractivity contribution >= 4 is 34.3 Å². The summed E-state index contributed by atoms with van der Waals surface area (Å²) in [6.07, 6.45) is 1.98. The molecule has 6 nitrogen and oxygen atoms in total. The van der Waals surface area contributed by atoms with Crippen LogP contribution in [0.15, 0.2) is 69.6 Å². The summed E-state index contributed by atoms with van der Waals surface area (Å²) < 4.78 is 9.93. The summed E-state index contributed by atoms with van der Waals surface area (Å²) in [6.45, 7) is 12.3. The predicted molar refractivity (Wildman–Crippen MR) is 149 cm³/mol. The molecule has 0 N–H and O–H groups in total. The molecule has 3 heterocycles. The Bertz CT molecular complexity index is 1730. The molecule has 0 aliphatic carbocycles. The number of para-hydroxylation sites is 1. The fraction of sp³-hybridized carbons (Fsp3) is 0.300. The van der Waals surface area contributed by atoms with Crippen molar-refractivity contribution in [2.45, 2.75) is 53.6 Å². The van der Waals surface area contributed by atoms with Gasteiger partial charge in [-0.15, -0.1) is 0 Å². The van der Waals surface area contributed by atoms with E-state index in [1.54, 1.807) is 11.5 Å². The van der Waals surface area contributed by atoms with Crippen LogP contribution in [0, 0.1) is 13.8 Å². The number of hydrogen-bond donors (Lipinski definition) is 0. The molecule has 4 aromatic rings. The van der Waals surface area contributed by atoms with Crippen LogP contribution in [-0.4, -0.2) is 21.7 Å². The van der Waals surface area contributed by atoms with Gasteiger partial charge in [-0.1, -0.05) is 59.4 Å². The Morgan fingerprint density at radius 1 is 1.11 bits per heavy atom. The van der Waals surface area contributed by atoms with E-state index in [-0.39, 0.29) is 18.2 Å². The topological polar surface area (TPSA) is 65.6 Å². The molecule has 0 saturated heterocycles. The zero-order valence-corrected chi connectivity index (χ0v) is 22.8. The number of aromatic nitrogens is 2. The van der Waals surface area contributed by atoms with E-state index in [0.29, 0.717) is 20.6 Å². The lowest BCUT2D eigenvalue weighted by molar-refractivity contribution is -0.139. The number of aryl methyl sites for hydroxylation is 1. The molecule has 1 aliphatic rings. The molecule has 37 heavy (non-hydrogen) atoms. The van der Waals surface area contributed by atoms with Crippen LogP contribution in [0.3, 0.4) is 0 Å². The molecule has 0 fully saturated rings. The van der Waals surface area contributed by atoms with Gasteiger partial charge in [-0.2, -0.15) is 0 Å². The molecular weight excluding hydrogens is 482 g/mol. The summed E-state index contributed by atoms with van der Waals surface area (Å²) in [5.74, 6) is -0.445. The third-order valence-electron chi connectivity index (χ3n) is 6.91. The van der Waals surface area contributed by atoms with Crippen LogP contribution in [0.25, 0.3) is 17.0 Å². The molecule has 0 amide bonds. The molecule has 0 bridgehead atoms. The second-order valence-corrected chi connectivity index (χ2v) is 10.7. The molecular formula is C30H31N3O3S. The molecule has 1 aliphatic heterocycles. The molecule has 0 spiro atoms. The maximum absolute atomic E-state index is 14.0. The van der Waals surface area contributed by atoms with E-state index in [2.05, 4.69) is 37.5 Å². The molecule has 2 aromatic carbocycles. The van der Waals surface area contributed by atoms with Crippen molar-refractivity contribution in [2.24, 2.45) is 4.99 Å². The second-order valence-electron chi connectivity index (χ2n) is 9.69. The summed E-state index contributed by atoms with van der Waals surface area (Å²) in [4.78, 5) is 32.3. The van der Waals surface area contributed by atoms with E-state index in [1.807, 2.05) is 56.3 Å². The average molecular weight is 514 g/mol. The summed E-state index contributed by atoms with van der Waals surface area (Å²) in [5.41, 5.74) is 6.05. The van der Waals surface area contributed by atoms with Crippen molar-refractivity contribution in [1.82, 2.24) is 9.13 Å². The van der Waals surface area contributed by atoms with Gasteiger partial charge in [-0.25, -0.2) is 9.79 Å². The minimum Gasteiger partial charge on any atom is -0.463 e. The first-order valence-corrected chi connectivity index (χ1v) is 13.4. The number of allylic oxidation sites excluding steroid dienone is 1. The van der Waals surface area contributed by atoms with Gasteiger partial charge in [-0.3, -0.25) is 9.36 Å². The summed E-state index contributed by atoms with van der Waals surface area (Å²) in [5, 5.41) is 1.11. The summed E-state index contributed by atoms with van der Waals surface area (Å²) >= 11 is 1.36. The van der Waals surface area contributed by atoms with E-state index < -0.39 is 12.0 Å². The lowest BCUT2D eigenvalue weighted by Crippen LogP contribution is -2.39. The highest BCUT2D eigenvalue weighted by atomic mass is 32.1. The Labute approximate surface area is 219 Å². The quantitative estimate of drug-likeness (QED) is 0.355. The Kier molecular flexibility index (Phi) is 6.50. The van der Waals surface area contributed by atoms with Crippen LogP contribution >= 0.6 is 11.3 Å². The molecule has 0 radical (unpaired) electrons. The van der Waals surface area contributed by atoms with Crippen molar-refractivity contribution < 1.29 is 9.53 Å². The maximum Gasteiger partial charge on any atom is 0.338 e. The molecule has 190 valence electrons. The van der Waals surface area contributed by atoms with E-state index in [0.717, 1.165) is 33.3 Å². The fourth-order valence-corrected chi connectivity index (χ4v) is 6.28. The van der Waals surface area contributed by atoms with Gasteiger partial charge in [0.1, 0.15) is 0 Å². The van der Waals surface area contributed by atoms with Crippen LogP contribution < -0.4 is 14.9 Å². The van der Waals surface area contributed by atoms with Gasteiger partial charge in [0.2, 0.25) is 0 Å². The molecule has 5 rings (SSSR count). The first-order valence-electron chi connectivity index (χ1n) is 12.6. The van der Waals surface area contributed by atoms with Crippen molar-refractivity contribution in [2.75, 3.05) is 6.61 Å². The summed E-state index contributed by atoms with van der Waals surface area (Å²) in [6, 6.07) is 15.9. The van der Waals surface area contributed by atoms with Crippen molar-refractivity contribution in [3.8, 4) is 0 Å². The van der Waals surface area contributed by atoms with Gasteiger partial charge in [0.05, 0.1) is 28.5 Å². The zero-order chi connectivity index (χ0) is 26.4. The van der Waals surface area contributed by atoms with Gasteiger partial charge in [0.15, 0.2) is 4.80 Å². The third-order valence-corrected chi connectivity index (χ3v) is 7.89. The van der Waals surface area contributed by atoms with E-state index in [1.165, 1.54) is 11.3 Å². The standard InChI is InChI=1S/C30H31N3O3S/c1-7-36-29(35)26-19(5)31-30-33(27(26)21-14-12-18(4)13-15-21)28(34)25(37-30)16-23-20(6)32(17(2)3)24-11-9-8-10-22(23)24/h8-17,27H,7H2,1-6H3/b25-16-/t27-/m0/s1. The SMILES string of the molecule is CCOC(=O)C1=C(C)N=c2s/c(=C\c3c(C)n(C(C)C)c4ccccc34)c(=O)n2[C@H]1c1ccc(C)cc1. The number of rotatable bonds is 5. The van der Waals surface area contributed by atoms with Crippen LogP contribution in [0.4, 0.5) is 0 Å². The third kappa shape index (κ3) is 4.17. The van der Waals surface area contributed by atoms with E-state index >= 15 is 0 Å². The fourth-order valence-electron chi connectivity index (χ4n) is 5.25. The molecule has 7 heteroatoms. The Balaban J connectivity index is 1.78. The number of carbonyl (C=O) groups is 1. The van der Waals surface area contributed by atoms with Gasteiger partial charge in [0.25, 0.3) is 5.56 Å². The Morgan fingerprint density at radius 2 is 1.81 bits per heavy atom. The van der Waals surface area contributed by atoms with Crippen LogP contribution in [0.5, 0.6) is 0 Å². The number of thiazole rings is 1. The number of esters is 1. The largest absolute Gasteiger partial charge is 0.463 e. The lowest BCUT2D eigenvalue weighted by atomic mass is 9.95. The predicted octanol–water partition coefficient (Wildman–Crippen LogP) is 4.95. The molecule has 1 atom stereocenters. The number of carbonyl (C=O) groups excluding carboxylic acids is 1.